The number of aliphatic hydroxyl groups excluding tert-OH is 1. The summed E-state index contributed by atoms with van der Waals surface area (Å²) in [6.07, 6.45) is 51.7. The highest BCUT2D eigenvalue weighted by molar-refractivity contribution is 7.47. The number of hydrogen-bond acceptors (Lipinski definition) is 15. The Morgan fingerprint density at radius 2 is 0.511 bits per heavy atom. The van der Waals surface area contributed by atoms with E-state index in [0.717, 1.165) is 102 Å². The van der Waals surface area contributed by atoms with Gasteiger partial charge in [0.1, 0.15) is 19.3 Å². The zero-order valence-corrected chi connectivity index (χ0v) is 60.1. The number of unbranched alkanes of at least 4 members (excludes halogenated alkanes) is 43. The lowest BCUT2D eigenvalue weighted by Gasteiger charge is -2.21. The first-order chi connectivity index (χ1) is 43.5. The Hall–Kier alpha value is -1.94. The molecule has 0 aliphatic heterocycles. The van der Waals surface area contributed by atoms with Crippen molar-refractivity contribution >= 4 is 39.5 Å². The van der Waals surface area contributed by atoms with E-state index in [-0.39, 0.29) is 25.7 Å². The fraction of sp³-hybridized carbons (Fsp3) is 0.944. The summed E-state index contributed by atoms with van der Waals surface area (Å²) in [5, 5.41) is 10.6. The van der Waals surface area contributed by atoms with Gasteiger partial charge in [-0.2, -0.15) is 0 Å². The van der Waals surface area contributed by atoms with Crippen LogP contribution in [0, 0.1) is 5.92 Å². The number of phosphoric acid groups is 2. The molecule has 3 N–H and O–H groups in total. The van der Waals surface area contributed by atoms with Crippen LogP contribution in [-0.2, 0) is 65.4 Å². The van der Waals surface area contributed by atoms with Gasteiger partial charge in [-0.3, -0.25) is 37.3 Å². The highest BCUT2D eigenvalue weighted by Gasteiger charge is 2.30. The number of aliphatic hydroxyl groups is 1. The summed E-state index contributed by atoms with van der Waals surface area (Å²) in [6, 6.07) is 0. The summed E-state index contributed by atoms with van der Waals surface area (Å²) in [7, 11) is -9.89. The third-order valence-electron chi connectivity index (χ3n) is 16.5. The molecule has 0 saturated carbocycles. The van der Waals surface area contributed by atoms with Gasteiger partial charge in [-0.25, -0.2) is 9.13 Å². The molecule has 0 aliphatic rings. The Labute approximate surface area is 549 Å². The summed E-state index contributed by atoms with van der Waals surface area (Å²) in [6.45, 7) is 7.18. The number of phosphoric ester groups is 2. The summed E-state index contributed by atoms with van der Waals surface area (Å²) >= 11 is 0. The number of hydrogen-bond donors (Lipinski definition) is 3. The molecule has 534 valence electrons. The van der Waals surface area contributed by atoms with Crippen LogP contribution in [0.1, 0.15) is 369 Å². The predicted octanol–water partition coefficient (Wildman–Crippen LogP) is 20.5. The van der Waals surface area contributed by atoms with Gasteiger partial charge in [0.05, 0.1) is 26.4 Å². The molecule has 0 aromatic heterocycles. The predicted molar refractivity (Wildman–Crippen MR) is 363 cm³/mol. The van der Waals surface area contributed by atoms with E-state index in [2.05, 4.69) is 34.6 Å². The highest BCUT2D eigenvalue weighted by atomic mass is 31.2. The number of rotatable bonds is 71. The van der Waals surface area contributed by atoms with Crippen LogP contribution >= 0.6 is 15.6 Å². The molecule has 19 heteroatoms. The number of carbonyl (C=O) groups excluding carboxylic acids is 4. The van der Waals surface area contributed by atoms with Crippen LogP contribution in [0.2, 0.25) is 0 Å². The molecule has 17 nitrogen and oxygen atoms in total. The average Bonchev–Trinajstić information content (AvgIpc) is 3.56. The van der Waals surface area contributed by atoms with E-state index in [9.17, 15) is 43.2 Å². The molecule has 0 radical (unpaired) electrons. The fourth-order valence-corrected chi connectivity index (χ4v) is 12.4. The number of ether oxygens (including phenoxy) is 4. The second-order valence-corrected chi connectivity index (χ2v) is 29.0. The van der Waals surface area contributed by atoms with Crippen molar-refractivity contribution in [2.75, 3.05) is 39.6 Å². The molecular weight excluding hydrogens is 1190 g/mol. The van der Waals surface area contributed by atoms with Crippen molar-refractivity contribution in [2.24, 2.45) is 5.92 Å². The maximum atomic E-state index is 13.0. The molecule has 0 heterocycles. The molecule has 90 heavy (non-hydrogen) atoms. The van der Waals surface area contributed by atoms with Crippen molar-refractivity contribution in [1.82, 2.24) is 0 Å². The minimum atomic E-state index is -4.95. The average molecular weight is 1330 g/mol. The van der Waals surface area contributed by atoms with Crippen molar-refractivity contribution in [3.8, 4) is 0 Å². The molecule has 0 bridgehead atoms. The third-order valence-corrected chi connectivity index (χ3v) is 18.4. The van der Waals surface area contributed by atoms with Gasteiger partial charge in [-0.15, -0.1) is 0 Å². The van der Waals surface area contributed by atoms with Gasteiger partial charge in [0.2, 0.25) is 0 Å². The largest absolute Gasteiger partial charge is 0.472 e. The second-order valence-electron chi connectivity index (χ2n) is 26.1. The standard InChI is InChI=1S/C71H138O17P2/c1-6-9-12-15-17-19-21-23-24-25-26-27-29-33-38-42-47-52-57-71(76)88-67(61-82-69(74)55-50-45-40-36-34-30-31-35-39-44-48-53-64(4)5)63-86-90(79,80)84-59-65(72)58-83-89(77,78)85-62-66(60-81-68(73)54-49-43-14-11-8-3)87-70(75)56-51-46-41-37-32-28-22-20-18-16-13-10-7-2/h64-67,72H,6-63H2,1-5H3,(H,77,78)(H,79,80)/t65-,66+,67+/m0/s1. The van der Waals surface area contributed by atoms with Crippen LogP contribution in [0.5, 0.6) is 0 Å². The Bertz CT molecular complexity index is 1740. The van der Waals surface area contributed by atoms with Crippen molar-refractivity contribution in [2.45, 2.75) is 387 Å². The zero-order valence-electron chi connectivity index (χ0n) is 58.3. The van der Waals surface area contributed by atoms with Crippen LogP contribution in [0.4, 0.5) is 0 Å². The van der Waals surface area contributed by atoms with Gasteiger partial charge in [-0.1, -0.05) is 317 Å². The van der Waals surface area contributed by atoms with E-state index >= 15 is 0 Å². The van der Waals surface area contributed by atoms with E-state index < -0.39 is 97.5 Å². The highest BCUT2D eigenvalue weighted by Crippen LogP contribution is 2.45. The molecule has 0 aliphatic carbocycles. The Morgan fingerprint density at radius 1 is 0.300 bits per heavy atom. The van der Waals surface area contributed by atoms with Gasteiger partial charge in [0, 0.05) is 25.7 Å². The van der Waals surface area contributed by atoms with E-state index in [1.54, 1.807) is 0 Å². The molecule has 0 fully saturated rings. The molecular formula is C71H138O17P2. The van der Waals surface area contributed by atoms with E-state index in [4.69, 9.17) is 37.0 Å². The lowest BCUT2D eigenvalue weighted by molar-refractivity contribution is -0.161. The summed E-state index contributed by atoms with van der Waals surface area (Å²) < 4.78 is 68.1. The summed E-state index contributed by atoms with van der Waals surface area (Å²) in [4.78, 5) is 72.3. The topological polar surface area (TPSA) is 237 Å². The van der Waals surface area contributed by atoms with E-state index in [0.29, 0.717) is 25.7 Å². The van der Waals surface area contributed by atoms with Crippen LogP contribution in [0.15, 0.2) is 0 Å². The van der Waals surface area contributed by atoms with Gasteiger partial charge in [-0.05, 0) is 31.6 Å². The summed E-state index contributed by atoms with van der Waals surface area (Å²) in [5.74, 6) is -1.36. The maximum absolute atomic E-state index is 13.0. The van der Waals surface area contributed by atoms with Crippen LogP contribution in [-0.4, -0.2) is 96.7 Å². The number of esters is 4. The molecule has 0 aromatic rings. The molecule has 2 unspecified atom stereocenters. The molecule has 0 aromatic carbocycles. The minimum Gasteiger partial charge on any atom is -0.462 e. The second kappa shape index (κ2) is 64.4. The van der Waals surface area contributed by atoms with Crippen molar-refractivity contribution in [3.63, 3.8) is 0 Å². The fourth-order valence-electron chi connectivity index (χ4n) is 10.8. The van der Waals surface area contributed by atoms with Gasteiger partial charge < -0.3 is 33.8 Å². The number of carbonyl (C=O) groups is 4. The SMILES string of the molecule is CCCCCCCCCCCCCCCCCCCCC(=O)O[C@H](COC(=O)CCCCCCCCCCCCCC(C)C)COP(=O)(O)OC[C@@H](O)COP(=O)(O)OC[C@@H](COC(=O)CCCCCCC)OC(=O)CCCCCCCCCCCCCCC. The normalized spacial score (nSPS) is 14.1. The van der Waals surface area contributed by atoms with E-state index in [1.807, 2.05) is 0 Å². The lowest BCUT2D eigenvalue weighted by atomic mass is 10.0. The molecule has 0 spiro atoms. The maximum Gasteiger partial charge on any atom is 0.472 e. The Kier molecular flexibility index (Phi) is 63.0. The Balaban J connectivity index is 5.15. The lowest BCUT2D eigenvalue weighted by Crippen LogP contribution is -2.30. The monoisotopic (exact) mass is 1320 g/mol. The van der Waals surface area contributed by atoms with Crippen LogP contribution < -0.4 is 0 Å². The van der Waals surface area contributed by atoms with Crippen molar-refractivity contribution in [3.05, 3.63) is 0 Å². The van der Waals surface area contributed by atoms with Crippen molar-refractivity contribution in [1.29, 1.82) is 0 Å². The molecule has 0 amide bonds. The van der Waals surface area contributed by atoms with Crippen LogP contribution in [0.3, 0.4) is 0 Å². The molecule has 5 atom stereocenters. The molecule has 0 rings (SSSR count). The van der Waals surface area contributed by atoms with Gasteiger partial charge >= 0.3 is 39.5 Å². The minimum absolute atomic E-state index is 0.107. The first-order valence-electron chi connectivity index (χ1n) is 37.1. The van der Waals surface area contributed by atoms with Gasteiger partial charge in [0.25, 0.3) is 0 Å². The first kappa shape index (κ1) is 88.1. The van der Waals surface area contributed by atoms with Gasteiger partial charge in [0.15, 0.2) is 12.2 Å². The first-order valence-corrected chi connectivity index (χ1v) is 40.1. The Morgan fingerprint density at radius 3 is 0.756 bits per heavy atom. The van der Waals surface area contributed by atoms with E-state index in [1.165, 1.54) is 186 Å². The smallest absolute Gasteiger partial charge is 0.462 e. The quantitative estimate of drug-likeness (QED) is 0.0222. The van der Waals surface area contributed by atoms with Crippen LogP contribution in [0.25, 0.3) is 0 Å². The zero-order chi connectivity index (χ0) is 66.3. The third kappa shape index (κ3) is 64.8. The van der Waals surface area contributed by atoms with Crippen molar-refractivity contribution < 1.29 is 80.2 Å². The molecule has 0 saturated heterocycles. The summed E-state index contributed by atoms with van der Waals surface area (Å²) in [5.41, 5.74) is 0.